The molecule has 0 radical (unpaired) electrons. The van der Waals surface area contributed by atoms with E-state index in [1.54, 1.807) is 0 Å². The highest BCUT2D eigenvalue weighted by molar-refractivity contribution is 7.99. The zero-order chi connectivity index (χ0) is 20.3. The Morgan fingerprint density at radius 2 is 1.72 bits per heavy atom. The molecule has 1 amide bonds. The number of amides is 1. The maximum Gasteiger partial charge on any atom is 0.223 e. The summed E-state index contributed by atoms with van der Waals surface area (Å²) in [5.41, 5.74) is 2.54. The number of rotatable bonds is 9. The molecular formula is C23H30N4OS. The first-order valence-corrected chi connectivity index (χ1v) is 11.3. The molecule has 1 aliphatic rings. The molecule has 5 nitrogen and oxygen atoms in total. The van der Waals surface area contributed by atoms with Gasteiger partial charge < -0.3 is 15.5 Å². The lowest BCUT2D eigenvalue weighted by molar-refractivity contribution is -0.131. The summed E-state index contributed by atoms with van der Waals surface area (Å²) in [5, 5.41) is 6.64. The van der Waals surface area contributed by atoms with Crippen LogP contribution in [-0.2, 0) is 17.9 Å². The summed E-state index contributed by atoms with van der Waals surface area (Å²) < 4.78 is 0. The lowest BCUT2D eigenvalue weighted by Crippen LogP contribution is -2.38. The number of hydrogen-bond acceptors (Lipinski definition) is 3. The Labute approximate surface area is 178 Å². The third-order valence-electron chi connectivity index (χ3n) is 4.76. The minimum absolute atomic E-state index is 0.216. The molecule has 2 aromatic rings. The molecule has 0 unspecified atom stereocenters. The van der Waals surface area contributed by atoms with Crippen molar-refractivity contribution in [3.05, 3.63) is 65.7 Å². The van der Waals surface area contributed by atoms with Crippen LogP contribution in [-0.4, -0.2) is 42.2 Å². The van der Waals surface area contributed by atoms with Crippen LogP contribution in [0, 0.1) is 0 Å². The normalized spacial score (nSPS) is 13.3. The van der Waals surface area contributed by atoms with Crippen molar-refractivity contribution in [2.75, 3.05) is 25.4 Å². The van der Waals surface area contributed by atoms with Crippen LogP contribution < -0.4 is 10.6 Å². The Bertz CT molecular complexity index is 785. The van der Waals surface area contributed by atoms with Crippen molar-refractivity contribution in [2.45, 2.75) is 37.8 Å². The van der Waals surface area contributed by atoms with Gasteiger partial charge in [-0.15, -0.1) is 11.8 Å². The lowest BCUT2D eigenvalue weighted by Gasteiger charge is -2.15. The fraction of sp³-hybridized carbons (Fsp3) is 0.391. The van der Waals surface area contributed by atoms with Crippen molar-refractivity contribution in [1.82, 2.24) is 15.5 Å². The molecule has 154 valence electrons. The van der Waals surface area contributed by atoms with E-state index >= 15 is 0 Å². The van der Waals surface area contributed by atoms with E-state index in [2.05, 4.69) is 58.9 Å². The predicted molar refractivity (Wildman–Crippen MR) is 121 cm³/mol. The summed E-state index contributed by atoms with van der Waals surface area (Å²) in [4.78, 5) is 20.3. The minimum atomic E-state index is 0.216. The minimum Gasteiger partial charge on any atom is -0.357 e. The highest BCUT2D eigenvalue weighted by Crippen LogP contribution is 2.22. The summed E-state index contributed by atoms with van der Waals surface area (Å²) in [5.74, 6) is 2.01. The molecular weight excluding hydrogens is 380 g/mol. The molecule has 1 aliphatic heterocycles. The number of aliphatic imine (C=N–C) groups is 1. The summed E-state index contributed by atoms with van der Waals surface area (Å²) in [6.45, 7) is 5.85. The van der Waals surface area contributed by atoms with E-state index in [1.165, 1.54) is 16.0 Å². The Morgan fingerprint density at radius 1 is 1.03 bits per heavy atom. The van der Waals surface area contributed by atoms with Gasteiger partial charge in [-0.1, -0.05) is 42.5 Å². The maximum absolute atomic E-state index is 12.5. The summed E-state index contributed by atoms with van der Waals surface area (Å²) in [6, 6.07) is 18.7. The molecule has 2 aromatic carbocycles. The van der Waals surface area contributed by atoms with E-state index in [0.29, 0.717) is 13.0 Å². The van der Waals surface area contributed by atoms with Gasteiger partial charge in [0.2, 0.25) is 5.91 Å². The quantitative estimate of drug-likeness (QED) is 0.287. The number of nitrogens with one attached hydrogen (secondary N) is 2. The van der Waals surface area contributed by atoms with Gasteiger partial charge in [-0.2, -0.15) is 0 Å². The molecule has 0 aromatic heterocycles. The Balaban J connectivity index is 1.35. The summed E-state index contributed by atoms with van der Waals surface area (Å²) in [6.07, 6.45) is 1.31. The first-order valence-electron chi connectivity index (χ1n) is 10.3. The van der Waals surface area contributed by atoms with Gasteiger partial charge in [-0.25, -0.2) is 0 Å². The molecule has 0 fully saturated rings. The molecule has 1 heterocycles. The molecule has 3 rings (SSSR count). The highest BCUT2D eigenvalue weighted by atomic mass is 32.2. The summed E-state index contributed by atoms with van der Waals surface area (Å²) in [7, 11) is 0. The molecule has 0 atom stereocenters. The fourth-order valence-corrected chi connectivity index (χ4v) is 4.07. The molecule has 0 bridgehead atoms. The standard InChI is InChI=1S/C23H30N4OS/c1-2-24-23(26-15-16-29-21-11-4-3-5-12-21)25-14-8-13-22(28)27-17-19-9-6-7-10-20(19)18-27/h3-7,9-12H,2,8,13-18H2,1H3,(H2,24,25,26). The Morgan fingerprint density at radius 3 is 2.41 bits per heavy atom. The highest BCUT2D eigenvalue weighted by Gasteiger charge is 2.22. The smallest absolute Gasteiger partial charge is 0.223 e. The molecule has 0 spiro atoms. The second-order valence-electron chi connectivity index (χ2n) is 6.97. The predicted octanol–water partition coefficient (Wildman–Crippen LogP) is 3.66. The lowest BCUT2D eigenvalue weighted by atomic mass is 10.1. The number of benzene rings is 2. The third-order valence-corrected chi connectivity index (χ3v) is 5.78. The number of hydrogen-bond donors (Lipinski definition) is 2. The van der Waals surface area contributed by atoms with E-state index < -0.39 is 0 Å². The van der Waals surface area contributed by atoms with Crippen molar-refractivity contribution in [3.8, 4) is 0 Å². The maximum atomic E-state index is 12.5. The number of guanidine groups is 1. The third kappa shape index (κ3) is 6.82. The second-order valence-corrected chi connectivity index (χ2v) is 8.14. The Kier molecular flexibility index (Phi) is 8.43. The number of thioether (sulfide) groups is 1. The van der Waals surface area contributed by atoms with Crippen LogP contribution in [0.1, 0.15) is 30.9 Å². The van der Waals surface area contributed by atoms with E-state index in [1.807, 2.05) is 34.9 Å². The van der Waals surface area contributed by atoms with Crippen molar-refractivity contribution < 1.29 is 4.79 Å². The second kappa shape index (κ2) is 11.5. The van der Waals surface area contributed by atoms with Crippen LogP contribution in [0.4, 0.5) is 0 Å². The zero-order valence-corrected chi connectivity index (χ0v) is 17.9. The van der Waals surface area contributed by atoms with Crippen molar-refractivity contribution in [2.24, 2.45) is 4.99 Å². The molecule has 0 saturated heterocycles. The van der Waals surface area contributed by atoms with Gasteiger partial charge in [0, 0.05) is 49.8 Å². The number of fused-ring (bicyclic) bond motifs is 1. The van der Waals surface area contributed by atoms with Crippen molar-refractivity contribution in [3.63, 3.8) is 0 Å². The molecule has 29 heavy (non-hydrogen) atoms. The largest absolute Gasteiger partial charge is 0.357 e. The zero-order valence-electron chi connectivity index (χ0n) is 17.1. The van der Waals surface area contributed by atoms with E-state index in [0.717, 1.165) is 44.3 Å². The average molecular weight is 411 g/mol. The van der Waals surface area contributed by atoms with Crippen LogP contribution in [0.25, 0.3) is 0 Å². The van der Waals surface area contributed by atoms with E-state index in [-0.39, 0.29) is 5.91 Å². The number of nitrogens with zero attached hydrogens (tertiary/aromatic N) is 2. The van der Waals surface area contributed by atoms with Crippen LogP contribution in [0.15, 0.2) is 64.5 Å². The molecule has 6 heteroatoms. The first-order chi connectivity index (χ1) is 14.3. The van der Waals surface area contributed by atoms with Crippen molar-refractivity contribution in [1.29, 1.82) is 0 Å². The van der Waals surface area contributed by atoms with Crippen LogP contribution >= 0.6 is 11.8 Å². The van der Waals surface area contributed by atoms with Gasteiger partial charge in [-0.3, -0.25) is 9.79 Å². The first kappa shape index (κ1) is 21.2. The van der Waals surface area contributed by atoms with Gasteiger partial charge in [0.1, 0.15) is 0 Å². The SMILES string of the molecule is CCNC(=NCCCC(=O)N1Cc2ccccc2C1)NCCSc1ccccc1. The van der Waals surface area contributed by atoms with Crippen LogP contribution in [0.5, 0.6) is 0 Å². The molecule has 0 saturated carbocycles. The van der Waals surface area contributed by atoms with Gasteiger partial charge in [-0.05, 0) is 36.6 Å². The average Bonchev–Trinajstić information content (AvgIpc) is 3.19. The van der Waals surface area contributed by atoms with Crippen molar-refractivity contribution >= 4 is 23.6 Å². The number of carbonyl (C=O) groups excluding carboxylic acids is 1. The van der Waals surface area contributed by atoms with E-state index in [9.17, 15) is 4.79 Å². The number of carbonyl (C=O) groups is 1. The fourth-order valence-electron chi connectivity index (χ4n) is 3.29. The monoisotopic (exact) mass is 410 g/mol. The summed E-state index contributed by atoms with van der Waals surface area (Å²) >= 11 is 1.83. The topological polar surface area (TPSA) is 56.7 Å². The van der Waals surface area contributed by atoms with Gasteiger partial charge >= 0.3 is 0 Å². The van der Waals surface area contributed by atoms with Crippen LogP contribution in [0.2, 0.25) is 0 Å². The van der Waals surface area contributed by atoms with Crippen LogP contribution in [0.3, 0.4) is 0 Å². The van der Waals surface area contributed by atoms with Gasteiger partial charge in [0.15, 0.2) is 5.96 Å². The Hall–Kier alpha value is -2.47. The molecule has 0 aliphatic carbocycles. The van der Waals surface area contributed by atoms with E-state index in [4.69, 9.17) is 0 Å². The van der Waals surface area contributed by atoms with Gasteiger partial charge in [0.25, 0.3) is 0 Å². The molecule has 2 N–H and O–H groups in total. The van der Waals surface area contributed by atoms with Gasteiger partial charge in [0.05, 0.1) is 0 Å².